The van der Waals surface area contributed by atoms with Gasteiger partial charge >= 0.3 is 5.97 Å². The number of esters is 1. The van der Waals surface area contributed by atoms with Crippen molar-refractivity contribution in [2.45, 2.75) is 39.7 Å². The van der Waals surface area contributed by atoms with Crippen LogP contribution in [0.4, 0.5) is 5.69 Å². The molecule has 1 aliphatic heterocycles. The Hall–Kier alpha value is -3.48. The van der Waals surface area contributed by atoms with Gasteiger partial charge in [0.25, 0.3) is 0 Å². The van der Waals surface area contributed by atoms with Crippen molar-refractivity contribution in [3.8, 4) is 11.3 Å². The zero-order valence-corrected chi connectivity index (χ0v) is 18.3. The number of ether oxygens (including phenoxy) is 1. The molecule has 0 spiro atoms. The Bertz CT molecular complexity index is 1020. The maximum absolute atomic E-state index is 12.0. The lowest BCUT2D eigenvalue weighted by Crippen LogP contribution is -2.46. The highest BCUT2D eigenvalue weighted by Crippen LogP contribution is 2.35. The summed E-state index contributed by atoms with van der Waals surface area (Å²) in [6.07, 6.45) is 3.51. The number of anilines is 1. The lowest BCUT2D eigenvalue weighted by Gasteiger charge is -2.40. The zero-order valence-electron chi connectivity index (χ0n) is 18.3. The number of rotatable bonds is 3. The number of carbonyl (C=O) groups is 2. The average molecular weight is 421 g/mol. The minimum Gasteiger partial charge on any atom is -0.465 e. The second-order valence-electron chi connectivity index (χ2n) is 7.60. The molecule has 31 heavy (non-hydrogen) atoms. The fourth-order valence-electron chi connectivity index (χ4n) is 4.08. The highest BCUT2D eigenvalue weighted by molar-refractivity contribution is 5.95. The monoisotopic (exact) mass is 420 g/mol. The first kappa shape index (κ1) is 22.2. The van der Waals surface area contributed by atoms with Gasteiger partial charge in [-0.1, -0.05) is 44.2 Å². The predicted molar refractivity (Wildman–Crippen MR) is 120 cm³/mol. The molecule has 2 atom stereocenters. The molecule has 7 nitrogen and oxygen atoms in total. The van der Waals surface area contributed by atoms with Crippen LogP contribution in [0.25, 0.3) is 11.3 Å². The van der Waals surface area contributed by atoms with Crippen molar-refractivity contribution in [3.63, 3.8) is 0 Å². The Morgan fingerprint density at radius 2 is 1.94 bits per heavy atom. The molecule has 2 heterocycles. The Labute approximate surface area is 182 Å². The van der Waals surface area contributed by atoms with Crippen LogP contribution < -0.4 is 4.90 Å². The fraction of sp³-hybridized carbons (Fsp3) is 0.333. The molecule has 0 saturated heterocycles. The molecule has 1 N–H and O–H groups in total. The van der Waals surface area contributed by atoms with Gasteiger partial charge in [0, 0.05) is 24.2 Å². The number of methoxy groups -OCH3 is 1. The molecule has 1 unspecified atom stereocenters. The van der Waals surface area contributed by atoms with E-state index in [1.54, 1.807) is 19.2 Å². The lowest BCUT2D eigenvalue weighted by atomic mass is 9.85. The minimum absolute atomic E-state index is 0.0514. The van der Waals surface area contributed by atoms with Crippen LogP contribution in [0.5, 0.6) is 0 Å². The molecule has 0 fully saturated rings. The van der Waals surface area contributed by atoms with Crippen molar-refractivity contribution in [3.05, 3.63) is 65.9 Å². The van der Waals surface area contributed by atoms with Crippen LogP contribution in [-0.4, -0.2) is 40.4 Å². The SMILES string of the molecule is CC[C@@H]1C(C)Cc2cc(C(=O)OC)ccc2N1C(C)=O.c1ccc(-c2cn[nH]n2)cc1. The Morgan fingerprint density at radius 1 is 1.19 bits per heavy atom. The lowest BCUT2D eigenvalue weighted by molar-refractivity contribution is -0.117. The van der Waals surface area contributed by atoms with Crippen molar-refractivity contribution in [2.75, 3.05) is 12.0 Å². The second kappa shape index (κ2) is 10.0. The van der Waals surface area contributed by atoms with Crippen LogP contribution >= 0.6 is 0 Å². The maximum atomic E-state index is 12.0. The number of fused-ring (bicyclic) bond motifs is 1. The molecule has 0 saturated carbocycles. The van der Waals surface area contributed by atoms with Gasteiger partial charge in [-0.25, -0.2) is 4.79 Å². The summed E-state index contributed by atoms with van der Waals surface area (Å²) in [5, 5.41) is 10.2. The first-order valence-corrected chi connectivity index (χ1v) is 10.4. The van der Waals surface area contributed by atoms with Crippen LogP contribution in [0.3, 0.4) is 0 Å². The van der Waals surface area contributed by atoms with Gasteiger partial charge in [-0.05, 0) is 42.5 Å². The number of nitrogens with zero attached hydrogens (tertiary/aromatic N) is 3. The van der Waals surface area contributed by atoms with Gasteiger partial charge in [0.05, 0.1) is 18.9 Å². The molecule has 162 valence electrons. The quantitative estimate of drug-likeness (QED) is 0.640. The van der Waals surface area contributed by atoms with E-state index in [2.05, 4.69) is 29.3 Å². The molecule has 1 aliphatic rings. The van der Waals surface area contributed by atoms with Crippen molar-refractivity contribution >= 4 is 17.6 Å². The third kappa shape index (κ3) is 4.99. The summed E-state index contributed by atoms with van der Waals surface area (Å²) < 4.78 is 4.75. The number of nitrogens with one attached hydrogen (secondary N) is 1. The third-order valence-electron chi connectivity index (χ3n) is 5.53. The van der Waals surface area contributed by atoms with Gasteiger partial charge in [-0.15, -0.1) is 0 Å². The van der Waals surface area contributed by atoms with Crippen LogP contribution in [0.2, 0.25) is 0 Å². The van der Waals surface area contributed by atoms with E-state index in [1.807, 2.05) is 47.4 Å². The van der Waals surface area contributed by atoms with E-state index in [4.69, 9.17) is 4.74 Å². The third-order valence-corrected chi connectivity index (χ3v) is 5.53. The number of hydrogen-bond acceptors (Lipinski definition) is 5. The predicted octanol–water partition coefficient (Wildman–Crippen LogP) is 4.27. The fourth-order valence-corrected chi connectivity index (χ4v) is 4.08. The normalized spacial score (nSPS) is 17.2. The second-order valence-corrected chi connectivity index (χ2v) is 7.60. The highest BCUT2D eigenvalue weighted by Gasteiger charge is 2.33. The molecular formula is C24H28N4O3. The summed E-state index contributed by atoms with van der Waals surface area (Å²) in [4.78, 5) is 25.5. The van der Waals surface area contributed by atoms with Crippen LogP contribution in [-0.2, 0) is 16.0 Å². The molecule has 7 heteroatoms. The first-order chi connectivity index (χ1) is 15.0. The van der Waals surface area contributed by atoms with Gasteiger partial charge < -0.3 is 9.64 Å². The number of H-pyrrole nitrogens is 1. The number of aromatic nitrogens is 3. The summed E-state index contributed by atoms with van der Waals surface area (Å²) in [6, 6.07) is 15.6. The number of aromatic amines is 1. The molecule has 2 aromatic carbocycles. The number of hydrogen-bond donors (Lipinski definition) is 1. The van der Waals surface area contributed by atoms with Crippen LogP contribution in [0, 0.1) is 5.92 Å². The number of carbonyl (C=O) groups excluding carboxylic acids is 2. The topological polar surface area (TPSA) is 88.2 Å². The molecule has 4 rings (SSSR count). The van der Waals surface area contributed by atoms with E-state index in [9.17, 15) is 9.59 Å². The van der Waals surface area contributed by atoms with Gasteiger partial charge in [-0.2, -0.15) is 15.4 Å². The van der Waals surface area contributed by atoms with Crippen molar-refractivity contribution in [2.24, 2.45) is 5.92 Å². The molecule has 0 aliphatic carbocycles. The van der Waals surface area contributed by atoms with Crippen molar-refractivity contribution < 1.29 is 14.3 Å². The summed E-state index contributed by atoms with van der Waals surface area (Å²) in [5.74, 6) is 0.0900. The number of benzene rings is 2. The molecular weight excluding hydrogens is 392 g/mol. The van der Waals surface area contributed by atoms with E-state index < -0.39 is 0 Å². The summed E-state index contributed by atoms with van der Waals surface area (Å²) in [5.41, 5.74) is 4.47. The Balaban J connectivity index is 0.000000207. The molecule has 1 amide bonds. The molecule has 3 aromatic rings. The molecule has 0 radical (unpaired) electrons. The Morgan fingerprint density at radius 3 is 2.52 bits per heavy atom. The zero-order chi connectivity index (χ0) is 22.4. The minimum atomic E-state index is -0.340. The first-order valence-electron chi connectivity index (χ1n) is 10.4. The van der Waals surface area contributed by atoms with Gasteiger partial charge in [0.2, 0.25) is 5.91 Å². The average Bonchev–Trinajstić information content (AvgIpc) is 3.33. The van der Waals surface area contributed by atoms with Gasteiger partial charge in [0.1, 0.15) is 5.69 Å². The van der Waals surface area contributed by atoms with E-state index in [0.717, 1.165) is 35.3 Å². The molecule has 1 aromatic heterocycles. The summed E-state index contributed by atoms with van der Waals surface area (Å²) in [7, 11) is 1.37. The van der Waals surface area contributed by atoms with E-state index >= 15 is 0 Å². The van der Waals surface area contributed by atoms with Crippen molar-refractivity contribution in [1.29, 1.82) is 0 Å². The smallest absolute Gasteiger partial charge is 0.337 e. The van der Waals surface area contributed by atoms with Gasteiger partial charge in [-0.3, -0.25) is 4.79 Å². The van der Waals surface area contributed by atoms with Gasteiger partial charge in [0.15, 0.2) is 0 Å². The number of amides is 1. The summed E-state index contributed by atoms with van der Waals surface area (Å²) in [6.45, 7) is 5.85. The van der Waals surface area contributed by atoms with E-state index in [-0.39, 0.29) is 17.9 Å². The Kier molecular flexibility index (Phi) is 7.18. The van der Waals surface area contributed by atoms with Crippen molar-refractivity contribution in [1.82, 2.24) is 15.4 Å². The highest BCUT2D eigenvalue weighted by atomic mass is 16.5. The maximum Gasteiger partial charge on any atom is 0.337 e. The van der Waals surface area contributed by atoms with E-state index in [0.29, 0.717) is 11.5 Å². The largest absolute Gasteiger partial charge is 0.465 e. The molecule has 0 bridgehead atoms. The van der Waals surface area contributed by atoms with Crippen LogP contribution in [0.1, 0.15) is 43.1 Å². The summed E-state index contributed by atoms with van der Waals surface area (Å²) >= 11 is 0. The van der Waals surface area contributed by atoms with Crippen LogP contribution in [0.15, 0.2) is 54.7 Å². The standard InChI is InChI=1S/C16H21NO3.C8H7N3/c1-5-14-10(2)8-13-9-12(16(19)20-4)6-7-15(13)17(14)11(3)18;1-2-4-7(5-3-1)8-6-9-11-10-8/h6-7,9-10,14H,5,8H2,1-4H3;1-6H,(H,9,10,11)/t10?,14-;/m1./s1. The van der Waals surface area contributed by atoms with E-state index in [1.165, 1.54) is 7.11 Å².